The molecule has 0 atom stereocenters. The van der Waals surface area contributed by atoms with E-state index in [2.05, 4.69) is 15.4 Å². The molecule has 0 unspecified atom stereocenters. The second kappa shape index (κ2) is 6.62. The summed E-state index contributed by atoms with van der Waals surface area (Å²) in [5.41, 5.74) is -0.374. The van der Waals surface area contributed by atoms with Gasteiger partial charge in [0.2, 0.25) is 5.91 Å². The van der Waals surface area contributed by atoms with Gasteiger partial charge in [-0.3, -0.25) is 4.79 Å². The lowest BCUT2D eigenvalue weighted by atomic mass is 9.88. The van der Waals surface area contributed by atoms with Gasteiger partial charge in [-0.1, -0.05) is 19.3 Å². The smallest absolute Gasteiger partial charge is 0.324 e. The Hall–Kier alpha value is -2.38. The van der Waals surface area contributed by atoms with Crippen LogP contribution in [0.3, 0.4) is 0 Å². The molecule has 1 saturated carbocycles. The molecule has 1 fully saturated rings. The standard InChI is InChI=1S/C16H17F3N4O/c17-16(18,19)12-6-7-14(23-10-20-9-21-23)13(8-12)22-15(24)11-4-2-1-3-5-11/h6-11H,1-5H2,(H,22,24). The molecule has 1 amide bonds. The number of nitrogens with one attached hydrogen (secondary N) is 1. The van der Waals surface area contributed by atoms with Gasteiger partial charge in [-0.2, -0.15) is 18.3 Å². The second-order valence-electron chi connectivity index (χ2n) is 5.89. The van der Waals surface area contributed by atoms with Crippen LogP contribution in [0.25, 0.3) is 5.69 Å². The van der Waals surface area contributed by atoms with Gasteiger partial charge in [-0.05, 0) is 31.0 Å². The van der Waals surface area contributed by atoms with E-state index >= 15 is 0 Å². The SMILES string of the molecule is O=C(Nc1cc(C(F)(F)F)ccc1-n1cncn1)C1CCCCC1. The molecule has 24 heavy (non-hydrogen) atoms. The Morgan fingerprint density at radius 2 is 1.96 bits per heavy atom. The number of rotatable bonds is 3. The van der Waals surface area contributed by atoms with Crippen molar-refractivity contribution in [2.45, 2.75) is 38.3 Å². The third-order valence-electron chi connectivity index (χ3n) is 4.22. The summed E-state index contributed by atoms with van der Waals surface area (Å²) in [6, 6.07) is 3.19. The number of nitrogens with zero attached hydrogens (tertiary/aromatic N) is 3. The maximum absolute atomic E-state index is 13.0. The molecule has 1 aliphatic carbocycles. The average Bonchev–Trinajstić information content (AvgIpc) is 3.09. The van der Waals surface area contributed by atoms with E-state index in [0.29, 0.717) is 5.69 Å². The van der Waals surface area contributed by atoms with E-state index in [4.69, 9.17) is 0 Å². The summed E-state index contributed by atoms with van der Waals surface area (Å²) in [4.78, 5) is 16.2. The summed E-state index contributed by atoms with van der Waals surface area (Å²) >= 11 is 0. The lowest BCUT2D eigenvalue weighted by molar-refractivity contribution is -0.137. The molecule has 0 bridgehead atoms. The number of carbonyl (C=O) groups excluding carboxylic acids is 1. The van der Waals surface area contributed by atoms with Gasteiger partial charge in [-0.15, -0.1) is 0 Å². The second-order valence-corrected chi connectivity index (χ2v) is 5.89. The van der Waals surface area contributed by atoms with Crippen LogP contribution >= 0.6 is 0 Å². The molecule has 0 aliphatic heterocycles. The van der Waals surface area contributed by atoms with Crippen LogP contribution in [0.1, 0.15) is 37.7 Å². The van der Waals surface area contributed by atoms with E-state index in [-0.39, 0.29) is 17.5 Å². The molecule has 1 aliphatic rings. The number of aromatic nitrogens is 3. The molecular formula is C16H17F3N4O. The minimum Gasteiger partial charge on any atom is -0.324 e. The predicted molar refractivity (Wildman–Crippen MR) is 81.6 cm³/mol. The number of halogens is 3. The number of hydrogen-bond acceptors (Lipinski definition) is 3. The number of hydrogen-bond donors (Lipinski definition) is 1. The van der Waals surface area contributed by atoms with Gasteiger partial charge in [0.05, 0.1) is 16.9 Å². The molecular weight excluding hydrogens is 321 g/mol. The van der Waals surface area contributed by atoms with Crippen LogP contribution < -0.4 is 5.32 Å². The molecule has 2 aromatic rings. The minimum absolute atomic E-state index is 0.0888. The highest BCUT2D eigenvalue weighted by atomic mass is 19.4. The van der Waals surface area contributed by atoms with Crippen LogP contribution in [0.15, 0.2) is 30.9 Å². The van der Waals surface area contributed by atoms with Crippen molar-refractivity contribution in [3.63, 3.8) is 0 Å². The fourth-order valence-electron chi connectivity index (χ4n) is 2.94. The highest BCUT2D eigenvalue weighted by Crippen LogP contribution is 2.34. The van der Waals surface area contributed by atoms with Gasteiger partial charge < -0.3 is 5.32 Å². The number of benzene rings is 1. The monoisotopic (exact) mass is 338 g/mol. The van der Waals surface area contributed by atoms with Crippen molar-refractivity contribution in [3.05, 3.63) is 36.4 Å². The molecule has 1 aromatic carbocycles. The van der Waals surface area contributed by atoms with Gasteiger partial charge >= 0.3 is 6.18 Å². The molecule has 0 spiro atoms. The summed E-state index contributed by atoms with van der Waals surface area (Å²) in [6.45, 7) is 0. The summed E-state index contributed by atoms with van der Waals surface area (Å²) in [5, 5.41) is 6.59. The fourth-order valence-corrected chi connectivity index (χ4v) is 2.94. The molecule has 1 aromatic heterocycles. The molecule has 3 rings (SSSR count). The van der Waals surface area contributed by atoms with Crippen molar-refractivity contribution in [1.82, 2.24) is 14.8 Å². The first-order valence-electron chi connectivity index (χ1n) is 7.82. The van der Waals surface area contributed by atoms with Crippen LogP contribution in [0.2, 0.25) is 0 Å². The summed E-state index contributed by atoms with van der Waals surface area (Å²) in [7, 11) is 0. The van der Waals surface area contributed by atoms with Crippen molar-refractivity contribution in [1.29, 1.82) is 0 Å². The Morgan fingerprint density at radius 1 is 1.21 bits per heavy atom. The first-order valence-corrected chi connectivity index (χ1v) is 7.82. The van der Waals surface area contributed by atoms with Crippen LogP contribution in [0.5, 0.6) is 0 Å². The van der Waals surface area contributed by atoms with Crippen molar-refractivity contribution >= 4 is 11.6 Å². The van der Waals surface area contributed by atoms with E-state index in [1.54, 1.807) is 0 Å². The Labute approximate surface area is 136 Å². The quantitative estimate of drug-likeness (QED) is 0.926. The Bertz CT molecular complexity index is 707. The third-order valence-corrected chi connectivity index (χ3v) is 4.22. The van der Waals surface area contributed by atoms with Crippen LogP contribution in [-0.2, 0) is 11.0 Å². The average molecular weight is 338 g/mol. The van der Waals surface area contributed by atoms with Crippen LogP contribution in [0.4, 0.5) is 18.9 Å². The Kier molecular flexibility index (Phi) is 4.55. The van der Waals surface area contributed by atoms with Gasteiger partial charge in [0.1, 0.15) is 12.7 Å². The Morgan fingerprint density at radius 3 is 2.58 bits per heavy atom. The molecule has 0 radical (unpaired) electrons. The van der Waals surface area contributed by atoms with E-state index in [9.17, 15) is 18.0 Å². The largest absolute Gasteiger partial charge is 0.416 e. The lowest BCUT2D eigenvalue weighted by Crippen LogP contribution is -2.25. The normalized spacial score (nSPS) is 16.1. The van der Waals surface area contributed by atoms with Crippen molar-refractivity contribution in [2.24, 2.45) is 5.92 Å². The number of anilines is 1. The van der Waals surface area contributed by atoms with Gasteiger partial charge in [0.15, 0.2) is 0 Å². The third kappa shape index (κ3) is 3.58. The highest BCUT2D eigenvalue weighted by molar-refractivity contribution is 5.94. The highest BCUT2D eigenvalue weighted by Gasteiger charge is 2.32. The van der Waals surface area contributed by atoms with Crippen LogP contribution in [0, 0.1) is 5.92 Å². The van der Waals surface area contributed by atoms with E-state index in [1.807, 2.05) is 0 Å². The first-order chi connectivity index (χ1) is 11.4. The van der Waals surface area contributed by atoms with E-state index < -0.39 is 11.7 Å². The molecule has 1 N–H and O–H groups in total. The lowest BCUT2D eigenvalue weighted by Gasteiger charge is -2.22. The van der Waals surface area contributed by atoms with Crippen LogP contribution in [-0.4, -0.2) is 20.7 Å². The molecule has 5 nitrogen and oxygen atoms in total. The van der Waals surface area contributed by atoms with Gasteiger partial charge in [0.25, 0.3) is 0 Å². The van der Waals surface area contributed by atoms with Crippen molar-refractivity contribution in [3.8, 4) is 5.69 Å². The van der Waals surface area contributed by atoms with Gasteiger partial charge in [-0.25, -0.2) is 9.67 Å². The maximum Gasteiger partial charge on any atom is 0.416 e. The topological polar surface area (TPSA) is 59.8 Å². The zero-order valence-corrected chi connectivity index (χ0v) is 12.9. The number of alkyl halides is 3. The van der Waals surface area contributed by atoms with Crippen molar-refractivity contribution in [2.75, 3.05) is 5.32 Å². The Balaban J connectivity index is 1.92. The zero-order valence-electron chi connectivity index (χ0n) is 12.9. The van der Waals surface area contributed by atoms with Crippen molar-refractivity contribution < 1.29 is 18.0 Å². The zero-order chi connectivity index (χ0) is 17.2. The predicted octanol–water partition coefficient (Wildman–Crippen LogP) is 3.80. The molecule has 1 heterocycles. The maximum atomic E-state index is 13.0. The number of carbonyl (C=O) groups is 1. The minimum atomic E-state index is -4.48. The first kappa shape index (κ1) is 16.5. The fraction of sp³-hybridized carbons (Fsp3) is 0.438. The number of amides is 1. The van der Waals surface area contributed by atoms with E-state index in [1.165, 1.54) is 23.4 Å². The van der Waals surface area contributed by atoms with E-state index in [0.717, 1.165) is 44.2 Å². The van der Waals surface area contributed by atoms with Gasteiger partial charge in [0, 0.05) is 5.92 Å². The molecule has 0 saturated heterocycles. The molecule has 128 valence electrons. The summed E-state index contributed by atoms with van der Waals surface area (Å²) < 4.78 is 40.3. The summed E-state index contributed by atoms with van der Waals surface area (Å²) in [6.07, 6.45) is 2.74. The summed E-state index contributed by atoms with van der Waals surface area (Å²) in [5.74, 6) is -0.396. The molecule has 8 heteroatoms.